The second kappa shape index (κ2) is 3.99. The van der Waals surface area contributed by atoms with E-state index >= 15 is 0 Å². The molecule has 2 heterocycles. The lowest BCUT2D eigenvalue weighted by Gasteiger charge is -2.23. The van der Waals surface area contributed by atoms with Crippen molar-refractivity contribution < 1.29 is 9.84 Å². The van der Waals surface area contributed by atoms with E-state index in [4.69, 9.17) is 4.74 Å². The highest BCUT2D eigenvalue weighted by Crippen LogP contribution is 2.40. The van der Waals surface area contributed by atoms with Crippen LogP contribution in [0.3, 0.4) is 0 Å². The average Bonchev–Trinajstić information content (AvgIpc) is 2.76. The highest BCUT2D eigenvalue weighted by atomic mass is 16.5. The van der Waals surface area contributed by atoms with Crippen molar-refractivity contribution in [1.82, 2.24) is 4.98 Å². The Morgan fingerprint density at radius 2 is 2.07 bits per heavy atom. The largest absolute Gasteiger partial charge is 0.388 e. The molecule has 84 valence electrons. The minimum Gasteiger partial charge on any atom is -0.388 e. The molecule has 0 aliphatic carbocycles. The summed E-state index contributed by atoms with van der Waals surface area (Å²) in [4.78, 5) is 2.97. The molecular formula is C12H19NO2. The normalized spacial score (nSPS) is 38.1. The van der Waals surface area contributed by atoms with Gasteiger partial charge in [0.25, 0.3) is 0 Å². The third-order valence-electron chi connectivity index (χ3n) is 3.65. The van der Waals surface area contributed by atoms with E-state index in [1.54, 1.807) is 0 Å². The Hall–Kier alpha value is -0.800. The fourth-order valence-electron chi connectivity index (χ4n) is 2.58. The molecule has 3 heteroatoms. The standard InChI is InChI=1S/C12H19NO2/c1-7-8(2)15-9(3)11(7)12(14)10-4-5-13-6-10/h4-9,11-14H,1-3H3. The van der Waals surface area contributed by atoms with E-state index in [1.165, 1.54) is 0 Å². The summed E-state index contributed by atoms with van der Waals surface area (Å²) in [6.45, 7) is 6.26. The highest BCUT2D eigenvalue weighted by molar-refractivity contribution is 5.14. The van der Waals surface area contributed by atoms with Crippen LogP contribution in [0.5, 0.6) is 0 Å². The lowest BCUT2D eigenvalue weighted by atomic mass is 9.83. The molecule has 0 saturated carbocycles. The first-order chi connectivity index (χ1) is 7.11. The number of aliphatic hydroxyl groups is 1. The molecule has 15 heavy (non-hydrogen) atoms. The van der Waals surface area contributed by atoms with Crippen LogP contribution in [0.25, 0.3) is 0 Å². The van der Waals surface area contributed by atoms with Gasteiger partial charge < -0.3 is 14.8 Å². The molecule has 0 radical (unpaired) electrons. The Morgan fingerprint density at radius 3 is 2.53 bits per heavy atom. The number of hydrogen-bond acceptors (Lipinski definition) is 2. The third-order valence-corrected chi connectivity index (χ3v) is 3.65. The lowest BCUT2D eigenvalue weighted by Crippen LogP contribution is -2.24. The molecule has 0 spiro atoms. The summed E-state index contributed by atoms with van der Waals surface area (Å²) in [6, 6.07) is 1.92. The van der Waals surface area contributed by atoms with Gasteiger partial charge in [-0.05, 0) is 31.4 Å². The summed E-state index contributed by atoms with van der Waals surface area (Å²) in [5.41, 5.74) is 0.955. The second-order valence-corrected chi connectivity index (χ2v) is 4.57. The Balaban J connectivity index is 2.16. The van der Waals surface area contributed by atoms with Crippen LogP contribution < -0.4 is 0 Å². The fraction of sp³-hybridized carbons (Fsp3) is 0.667. The first kappa shape index (κ1) is 10.7. The van der Waals surface area contributed by atoms with Gasteiger partial charge >= 0.3 is 0 Å². The van der Waals surface area contributed by atoms with Gasteiger partial charge in [0.2, 0.25) is 0 Å². The minimum atomic E-state index is -0.425. The van der Waals surface area contributed by atoms with Crippen LogP contribution >= 0.6 is 0 Å². The van der Waals surface area contributed by atoms with Crippen molar-refractivity contribution in [2.24, 2.45) is 11.8 Å². The molecule has 1 aromatic heterocycles. The number of rotatable bonds is 2. The Kier molecular flexibility index (Phi) is 2.85. The predicted octanol–water partition coefficient (Wildman–Crippen LogP) is 2.11. The number of H-pyrrole nitrogens is 1. The average molecular weight is 209 g/mol. The van der Waals surface area contributed by atoms with Gasteiger partial charge in [0.1, 0.15) is 0 Å². The maximum Gasteiger partial charge on any atom is 0.0860 e. The second-order valence-electron chi connectivity index (χ2n) is 4.57. The molecule has 5 atom stereocenters. The molecule has 5 unspecified atom stereocenters. The Labute approximate surface area is 90.5 Å². The molecule has 3 nitrogen and oxygen atoms in total. The van der Waals surface area contributed by atoms with Gasteiger partial charge in [0.15, 0.2) is 0 Å². The van der Waals surface area contributed by atoms with E-state index in [1.807, 2.05) is 25.4 Å². The van der Waals surface area contributed by atoms with Crippen LogP contribution in [0.2, 0.25) is 0 Å². The van der Waals surface area contributed by atoms with Gasteiger partial charge in [0.05, 0.1) is 18.3 Å². The minimum absolute atomic E-state index is 0.125. The smallest absolute Gasteiger partial charge is 0.0860 e. The number of aromatic nitrogens is 1. The lowest BCUT2D eigenvalue weighted by molar-refractivity contribution is 0.0231. The maximum absolute atomic E-state index is 10.3. The van der Waals surface area contributed by atoms with Crippen LogP contribution in [-0.2, 0) is 4.74 Å². The first-order valence-electron chi connectivity index (χ1n) is 5.57. The van der Waals surface area contributed by atoms with E-state index in [2.05, 4.69) is 18.8 Å². The van der Waals surface area contributed by atoms with Crippen molar-refractivity contribution >= 4 is 0 Å². The van der Waals surface area contributed by atoms with Crippen molar-refractivity contribution in [3.63, 3.8) is 0 Å². The van der Waals surface area contributed by atoms with E-state index in [0.717, 1.165) is 5.56 Å². The van der Waals surface area contributed by atoms with Crippen molar-refractivity contribution in [1.29, 1.82) is 0 Å². The quantitative estimate of drug-likeness (QED) is 0.783. The van der Waals surface area contributed by atoms with Crippen molar-refractivity contribution in [2.75, 3.05) is 0 Å². The van der Waals surface area contributed by atoms with Crippen LogP contribution in [0.4, 0.5) is 0 Å². The zero-order valence-corrected chi connectivity index (χ0v) is 9.47. The van der Waals surface area contributed by atoms with Crippen molar-refractivity contribution in [3.05, 3.63) is 24.0 Å². The molecule has 0 amide bonds. The number of hydrogen-bond donors (Lipinski definition) is 2. The van der Waals surface area contributed by atoms with Gasteiger partial charge in [-0.1, -0.05) is 6.92 Å². The highest BCUT2D eigenvalue weighted by Gasteiger charge is 2.41. The van der Waals surface area contributed by atoms with Gasteiger partial charge in [-0.25, -0.2) is 0 Å². The molecule has 2 N–H and O–H groups in total. The Bertz CT molecular complexity index is 309. The number of aliphatic hydroxyl groups excluding tert-OH is 1. The monoisotopic (exact) mass is 209 g/mol. The summed E-state index contributed by atoms with van der Waals surface area (Å²) in [5.74, 6) is 0.584. The van der Waals surface area contributed by atoms with Crippen molar-refractivity contribution in [3.8, 4) is 0 Å². The SMILES string of the molecule is CC1OC(C)C(C(O)c2cc[nH]c2)C1C. The summed E-state index contributed by atoms with van der Waals surface area (Å²) >= 11 is 0. The van der Waals surface area contributed by atoms with Gasteiger partial charge in [0, 0.05) is 18.3 Å². The number of ether oxygens (including phenoxy) is 1. The van der Waals surface area contributed by atoms with E-state index in [0.29, 0.717) is 5.92 Å². The molecule has 0 aromatic carbocycles. The molecule has 2 rings (SSSR count). The number of aromatic amines is 1. The summed E-state index contributed by atoms with van der Waals surface area (Å²) < 4.78 is 5.74. The van der Waals surface area contributed by atoms with Crippen LogP contribution in [0, 0.1) is 11.8 Å². The van der Waals surface area contributed by atoms with E-state index < -0.39 is 6.10 Å². The van der Waals surface area contributed by atoms with E-state index in [9.17, 15) is 5.11 Å². The number of nitrogens with one attached hydrogen (secondary N) is 1. The summed E-state index contributed by atoms with van der Waals surface area (Å²) in [7, 11) is 0. The molecular weight excluding hydrogens is 190 g/mol. The molecule has 1 fully saturated rings. The summed E-state index contributed by atoms with van der Waals surface area (Å²) in [5, 5.41) is 10.3. The van der Waals surface area contributed by atoms with Crippen LogP contribution in [0.15, 0.2) is 18.5 Å². The van der Waals surface area contributed by atoms with Crippen molar-refractivity contribution in [2.45, 2.75) is 39.1 Å². The first-order valence-corrected chi connectivity index (χ1v) is 5.57. The van der Waals surface area contributed by atoms with Crippen LogP contribution in [0.1, 0.15) is 32.4 Å². The molecule has 1 aliphatic rings. The predicted molar refractivity (Wildman–Crippen MR) is 58.4 cm³/mol. The van der Waals surface area contributed by atoms with E-state index in [-0.39, 0.29) is 18.1 Å². The van der Waals surface area contributed by atoms with Crippen LogP contribution in [-0.4, -0.2) is 22.3 Å². The maximum atomic E-state index is 10.3. The third kappa shape index (κ3) is 1.82. The molecule has 1 aliphatic heterocycles. The fourth-order valence-corrected chi connectivity index (χ4v) is 2.58. The van der Waals surface area contributed by atoms with Gasteiger partial charge in [-0.15, -0.1) is 0 Å². The zero-order chi connectivity index (χ0) is 11.0. The zero-order valence-electron chi connectivity index (χ0n) is 9.47. The van der Waals surface area contributed by atoms with Gasteiger partial charge in [-0.2, -0.15) is 0 Å². The molecule has 1 aromatic rings. The topological polar surface area (TPSA) is 45.2 Å². The van der Waals surface area contributed by atoms with Gasteiger partial charge in [-0.3, -0.25) is 0 Å². The summed E-state index contributed by atoms with van der Waals surface area (Å²) in [6.07, 6.45) is 3.63. The molecule has 0 bridgehead atoms. The Morgan fingerprint density at radius 1 is 1.33 bits per heavy atom. The molecule has 1 saturated heterocycles.